The van der Waals surface area contributed by atoms with Gasteiger partial charge in [0.25, 0.3) is 0 Å². The van der Waals surface area contributed by atoms with Gasteiger partial charge in [0.1, 0.15) is 11.5 Å². The Labute approximate surface area is 189 Å². The molecule has 1 heterocycles. The lowest BCUT2D eigenvalue weighted by Gasteiger charge is -2.30. The van der Waals surface area contributed by atoms with Gasteiger partial charge in [0.05, 0.1) is 19.9 Å². The summed E-state index contributed by atoms with van der Waals surface area (Å²) in [6, 6.07) is 26.2. The van der Waals surface area contributed by atoms with Crippen molar-refractivity contribution in [3.63, 3.8) is 0 Å². The van der Waals surface area contributed by atoms with Gasteiger partial charge in [-0.3, -0.25) is 0 Å². The van der Waals surface area contributed by atoms with Crippen molar-refractivity contribution in [3.8, 4) is 11.5 Å². The molecule has 2 amide bonds. The molecule has 0 bridgehead atoms. The fourth-order valence-electron chi connectivity index (χ4n) is 4.11. The van der Waals surface area contributed by atoms with Crippen LogP contribution < -0.4 is 14.8 Å². The minimum atomic E-state index is -0.117. The van der Waals surface area contributed by atoms with E-state index in [2.05, 4.69) is 53.8 Å². The number of carbonyl (C=O) groups excluding carboxylic acids is 1. The molecule has 1 aliphatic heterocycles. The third kappa shape index (κ3) is 4.78. The fourth-order valence-corrected chi connectivity index (χ4v) is 4.11. The van der Waals surface area contributed by atoms with Gasteiger partial charge in [0.15, 0.2) is 0 Å². The van der Waals surface area contributed by atoms with Gasteiger partial charge >= 0.3 is 6.03 Å². The molecule has 0 spiro atoms. The Morgan fingerprint density at radius 3 is 1.94 bits per heavy atom. The first kappa shape index (κ1) is 21.5. The van der Waals surface area contributed by atoms with Crippen LogP contribution in [0.3, 0.4) is 0 Å². The van der Waals surface area contributed by atoms with E-state index in [-0.39, 0.29) is 6.03 Å². The second-order valence-corrected chi connectivity index (χ2v) is 7.69. The number of ether oxygens (including phenoxy) is 2. The molecule has 3 aromatic carbocycles. The number of urea groups is 1. The van der Waals surface area contributed by atoms with Gasteiger partial charge in [-0.05, 0) is 41.7 Å². The number of amides is 2. The van der Waals surface area contributed by atoms with E-state index in [4.69, 9.17) is 9.47 Å². The van der Waals surface area contributed by atoms with Gasteiger partial charge in [0.2, 0.25) is 0 Å². The standard InChI is InChI=1S/C27H28N2O3/c1-31-23-13-14-24(25(19-23)32-2)28-27(30)29-17-15-22(16-18-29)26(20-9-5-3-6-10-20)21-11-7-4-8-12-21/h3-14,19H,15-18H2,1-2H3,(H,28,30). The van der Waals surface area contributed by atoms with Gasteiger partial charge in [0, 0.05) is 19.2 Å². The minimum Gasteiger partial charge on any atom is -0.497 e. The van der Waals surface area contributed by atoms with Gasteiger partial charge in [-0.1, -0.05) is 66.2 Å². The highest BCUT2D eigenvalue weighted by molar-refractivity contribution is 5.91. The number of anilines is 1. The molecule has 0 aromatic heterocycles. The molecule has 0 unspecified atom stereocenters. The zero-order valence-corrected chi connectivity index (χ0v) is 18.5. The van der Waals surface area contributed by atoms with Gasteiger partial charge in [-0.15, -0.1) is 0 Å². The van der Waals surface area contributed by atoms with Crippen molar-refractivity contribution >= 4 is 17.3 Å². The number of nitrogens with zero attached hydrogens (tertiary/aromatic N) is 1. The summed E-state index contributed by atoms with van der Waals surface area (Å²) >= 11 is 0. The molecule has 164 valence electrons. The lowest BCUT2D eigenvalue weighted by atomic mass is 9.88. The van der Waals surface area contributed by atoms with E-state index in [0.717, 1.165) is 12.8 Å². The third-order valence-corrected chi connectivity index (χ3v) is 5.78. The average molecular weight is 429 g/mol. The predicted molar refractivity (Wildman–Crippen MR) is 128 cm³/mol. The normalized spacial score (nSPS) is 13.4. The first-order valence-corrected chi connectivity index (χ1v) is 10.8. The Bertz CT molecular complexity index is 1040. The number of hydrogen-bond acceptors (Lipinski definition) is 3. The van der Waals surface area contributed by atoms with Crippen molar-refractivity contribution in [2.24, 2.45) is 0 Å². The Morgan fingerprint density at radius 2 is 1.41 bits per heavy atom. The van der Waals surface area contributed by atoms with Crippen LogP contribution in [0.15, 0.2) is 84.4 Å². The van der Waals surface area contributed by atoms with Crippen LogP contribution in [0.2, 0.25) is 0 Å². The second kappa shape index (κ2) is 10.1. The Hall–Kier alpha value is -3.73. The van der Waals surface area contributed by atoms with Crippen LogP contribution in [0.1, 0.15) is 24.0 Å². The lowest BCUT2D eigenvalue weighted by Crippen LogP contribution is -2.39. The monoisotopic (exact) mass is 428 g/mol. The molecule has 1 N–H and O–H groups in total. The van der Waals surface area contributed by atoms with Crippen LogP contribution in [0.5, 0.6) is 11.5 Å². The van der Waals surface area contributed by atoms with E-state index in [1.165, 1.54) is 22.3 Å². The second-order valence-electron chi connectivity index (χ2n) is 7.69. The highest BCUT2D eigenvalue weighted by atomic mass is 16.5. The average Bonchev–Trinajstić information content (AvgIpc) is 2.86. The summed E-state index contributed by atoms with van der Waals surface area (Å²) in [5, 5.41) is 2.98. The van der Waals surface area contributed by atoms with Crippen LogP contribution in [0.4, 0.5) is 10.5 Å². The van der Waals surface area contributed by atoms with E-state index in [1.807, 2.05) is 17.0 Å². The van der Waals surface area contributed by atoms with Gasteiger partial charge in [-0.2, -0.15) is 0 Å². The summed E-state index contributed by atoms with van der Waals surface area (Å²) < 4.78 is 10.6. The van der Waals surface area contributed by atoms with E-state index >= 15 is 0 Å². The van der Waals surface area contributed by atoms with Crippen molar-refractivity contribution in [3.05, 3.63) is 95.6 Å². The molecule has 0 atom stereocenters. The summed E-state index contributed by atoms with van der Waals surface area (Å²) in [6.07, 6.45) is 1.68. The number of carbonyl (C=O) groups is 1. The van der Waals surface area contributed by atoms with Crippen LogP contribution in [-0.2, 0) is 0 Å². The summed E-state index contributed by atoms with van der Waals surface area (Å²) in [6.45, 7) is 1.34. The smallest absolute Gasteiger partial charge is 0.321 e. The molecule has 5 heteroatoms. The summed E-state index contributed by atoms with van der Waals surface area (Å²) in [5.74, 6) is 1.26. The summed E-state index contributed by atoms with van der Waals surface area (Å²) in [4.78, 5) is 14.8. The van der Waals surface area contributed by atoms with E-state index in [1.54, 1.807) is 32.4 Å². The topological polar surface area (TPSA) is 50.8 Å². The van der Waals surface area contributed by atoms with Crippen molar-refractivity contribution in [2.45, 2.75) is 12.8 Å². The van der Waals surface area contributed by atoms with Crippen LogP contribution in [0, 0.1) is 0 Å². The summed E-state index contributed by atoms with van der Waals surface area (Å²) in [7, 11) is 3.18. The van der Waals surface area contributed by atoms with Gasteiger partial charge < -0.3 is 19.7 Å². The highest BCUT2D eigenvalue weighted by Crippen LogP contribution is 2.33. The Kier molecular flexibility index (Phi) is 6.75. The number of methoxy groups -OCH3 is 2. The van der Waals surface area contributed by atoms with E-state index in [9.17, 15) is 4.79 Å². The Balaban J connectivity index is 1.51. The largest absolute Gasteiger partial charge is 0.497 e. The molecule has 0 aliphatic carbocycles. The maximum atomic E-state index is 12.9. The molecule has 1 saturated heterocycles. The molecule has 5 nitrogen and oxygen atoms in total. The molecule has 1 fully saturated rings. The van der Waals surface area contributed by atoms with Crippen LogP contribution in [0.25, 0.3) is 5.57 Å². The number of hydrogen-bond donors (Lipinski definition) is 1. The van der Waals surface area contributed by atoms with Crippen molar-refractivity contribution in [2.75, 3.05) is 32.6 Å². The summed E-state index contributed by atoms with van der Waals surface area (Å²) in [5.41, 5.74) is 5.73. The quantitative estimate of drug-likeness (QED) is 0.556. The van der Waals surface area contributed by atoms with Crippen molar-refractivity contribution in [1.29, 1.82) is 0 Å². The lowest BCUT2D eigenvalue weighted by molar-refractivity contribution is 0.207. The van der Waals surface area contributed by atoms with Crippen LogP contribution in [-0.4, -0.2) is 38.2 Å². The molecule has 0 radical (unpaired) electrons. The van der Waals surface area contributed by atoms with E-state index < -0.39 is 0 Å². The molecule has 0 saturated carbocycles. The maximum absolute atomic E-state index is 12.9. The predicted octanol–water partition coefficient (Wildman–Crippen LogP) is 5.83. The molecule has 4 rings (SSSR count). The number of piperidine rings is 1. The third-order valence-electron chi connectivity index (χ3n) is 5.78. The number of likely N-dealkylation sites (tertiary alicyclic amines) is 1. The maximum Gasteiger partial charge on any atom is 0.321 e. The Morgan fingerprint density at radius 1 is 0.812 bits per heavy atom. The molecule has 1 aliphatic rings. The number of benzene rings is 3. The SMILES string of the molecule is COc1ccc(NC(=O)N2CCC(=C(c3ccccc3)c3ccccc3)CC2)c(OC)c1. The molecular formula is C27H28N2O3. The minimum absolute atomic E-state index is 0.117. The molecular weight excluding hydrogens is 400 g/mol. The van der Waals surface area contributed by atoms with Crippen molar-refractivity contribution in [1.82, 2.24) is 4.90 Å². The van der Waals surface area contributed by atoms with Crippen molar-refractivity contribution < 1.29 is 14.3 Å². The van der Waals surface area contributed by atoms with Crippen LogP contribution >= 0.6 is 0 Å². The number of nitrogens with one attached hydrogen (secondary N) is 1. The zero-order chi connectivity index (χ0) is 22.3. The molecule has 3 aromatic rings. The number of rotatable bonds is 5. The van der Waals surface area contributed by atoms with E-state index in [0.29, 0.717) is 30.3 Å². The highest BCUT2D eigenvalue weighted by Gasteiger charge is 2.23. The molecule has 32 heavy (non-hydrogen) atoms. The zero-order valence-electron chi connectivity index (χ0n) is 18.5. The van der Waals surface area contributed by atoms with Gasteiger partial charge in [-0.25, -0.2) is 4.79 Å². The first-order valence-electron chi connectivity index (χ1n) is 10.8. The first-order chi connectivity index (χ1) is 15.7. The fraction of sp³-hybridized carbons (Fsp3) is 0.222.